The molecule has 0 spiro atoms. The predicted octanol–water partition coefficient (Wildman–Crippen LogP) is 2.01. The lowest BCUT2D eigenvalue weighted by Gasteiger charge is -2.31. The molecule has 2 aromatic rings. The number of amides is 4. The summed E-state index contributed by atoms with van der Waals surface area (Å²) >= 11 is 0. The zero-order valence-corrected chi connectivity index (χ0v) is 35.0. The number of hydrogen-bond donors (Lipinski definition) is 6. The molecule has 0 radical (unpaired) electrons. The number of piperidine rings is 1. The molecule has 1 saturated heterocycles. The van der Waals surface area contributed by atoms with Crippen molar-refractivity contribution in [3.05, 3.63) is 58.1 Å². The molecule has 1 heterocycles. The third-order valence-electron chi connectivity index (χ3n) is 9.73. The zero-order valence-electron chi connectivity index (χ0n) is 34.2. The van der Waals surface area contributed by atoms with Gasteiger partial charge in [-0.2, -0.15) is 4.72 Å². The molecule has 3 rings (SSSR count). The second-order valence-electron chi connectivity index (χ2n) is 13.9. The number of benzene rings is 2. The number of amidine groups is 1. The number of carbonyl (C=O) groups is 4. The maximum absolute atomic E-state index is 14.2. The Morgan fingerprint density at radius 1 is 0.877 bits per heavy atom. The molecule has 2 aromatic carbocycles. The maximum Gasteiger partial charge on any atom is 0.245 e. The average Bonchev–Trinajstić information content (AvgIpc) is 3.19. The van der Waals surface area contributed by atoms with Crippen LogP contribution in [0.25, 0.3) is 0 Å². The van der Waals surface area contributed by atoms with Gasteiger partial charge in [0.2, 0.25) is 33.7 Å². The van der Waals surface area contributed by atoms with Crippen molar-refractivity contribution in [2.24, 2.45) is 0 Å². The van der Waals surface area contributed by atoms with E-state index in [-0.39, 0.29) is 41.9 Å². The highest BCUT2D eigenvalue weighted by Gasteiger charge is 2.34. The van der Waals surface area contributed by atoms with Gasteiger partial charge in [0.1, 0.15) is 23.7 Å². The number of likely N-dealkylation sites (tertiary alicyclic amines) is 1. The van der Waals surface area contributed by atoms with Gasteiger partial charge in [0, 0.05) is 58.2 Å². The van der Waals surface area contributed by atoms with Gasteiger partial charge in [0.15, 0.2) is 0 Å². The van der Waals surface area contributed by atoms with Gasteiger partial charge in [-0.15, -0.1) is 0 Å². The Morgan fingerprint density at radius 3 is 2.19 bits per heavy atom. The molecule has 0 aliphatic carbocycles. The van der Waals surface area contributed by atoms with Crippen molar-refractivity contribution in [3.63, 3.8) is 0 Å². The van der Waals surface area contributed by atoms with Crippen LogP contribution in [-0.4, -0.2) is 122 Å². The summed E-state index contributed by atoms with van der Waals surface area (Å²) in [5.74, 6) is -1.27. The summed E-state index contributed by atoms with van der Waals surface area (Å²) < 4.78 is 46.6. The predicted molar refractivity (Wildman–Crippen MR) is 217 cm³/mol. The molecule has 316 valence electrons. The van der Waals surface area contributed by atoms with E-state index >= 15 is 0 Å². The monoisotopic (exact) mass is 815 g/mol. The fourth-order valence-electron chi connectivity index (χ4n) is 6.53. The normalized spacial score (nSPS) is 14.0. The molecule has 57 heavy (non-hydrogen) atoms. The molecule has 0 bridgehead atoms. The van der Waals surface area contributed by atoms with E-state index < -0.39 is 40.3 Å². The minimum Gasteiger partial charge on any atom is -0.496 e. The van der Waals surface area contributed by atoms with E-state index in [9.17, 15) is 27.6 Å². The van der Waals surface area contributed by atoms with E-state index in [2.05, 4.69) is 26.0 Å². The number of carbonyl (C=O) groups excluding carboxylic acids is 4. The molecule has 1 aliphatic heterocycles. The fourth-order valence-corrected chi connectivity index (χ4v) is 8.25. The van der Waals surface area contributed by atoms with Gasteiger partial charge in [-0.3, -0.25) is 24.6 Å². The van der Waals surface area contributed by atoms with Crippen LogP contribution in [0.2, 0.25) is 0 Å². The van der Waals surface area contributed by atoms with Crippen LogP contribution in [0.4, 0.5) is 0 Å². The Hall–Kier alpha value is -4.58. The molecule has 0 saturated carbocycles. The van der Waals surface area contributed by atoms with Gasteiger partial charge < -0.3 is 40.4 Å². The van der Waals surface area contributed by atoms with E-state index in [0.29, 0.717) is 86.0 Å². The van der Waals surface area contributed by atoms with Gasteiger partial charge >= 0.3 is 0 Å². The van der Waals surface area contributed by atoms with Crippen molar-refractivity contribution in [1.82, 2.24) is 30.9 Å². The summed E-state index contributed by atoms with van der Waals surface area (Å²) in [4.78, 5) is 55.4. The van der Waals surface area contributed by atoms with Crippen LogP contribution in [-0.2, 0) is 45.1 Å². The number of rotatable bonds is 23. The molecule has 16 nitrogen and oxygen atoms in total. The van der Waals surface area contributed by atoms with Crippen LogP contribution in [0.1, 0.15) is 73.3 Å². The SMILES string of the molecule is CCOCCOCCNC(=O)CCCNC(=O)C[C@H](NS(=O)(=O)c1c(C)cc(OC)c(C)c1C)C(=O)N[C@H](Cc1ccc(C(=N)NC)cc1)C(=O)N1CCCCC1. The van der Waals surface area contributed by atoms with E-state index in [1.807, 2.05) is 6.92 Å². The summed E-state index contributed by atoms with van der Waals surface area (Å²) in [6.45, 7) is 10.2. The first-order valence-corrected chi connectivity index (χ1v) is 21.0. The summed E-state index contributed by atoms with van der Waals surface area (Å²) in [5, 5.41) is 19.1. The van der Waals surface area contributed by atoms with Gasteiger partial charge in [0.05, 0.1) is 38.2 Å². The maximum atomic E-state index is 14.2. The number of nitrogens with zero attached hydrogens (tertiary/aromatic N) is 1. The number of aryl methyl sites for hydroxylation is 1. The van der Waals surface area contributed by atoms with Crippen molar-refractivity contribution in [3.8, 4) is 5.75 Å². The first-order valence-electron chi connectivity index (χ1n) is 19.5. The number of hydrogen-bond acceptors (Lipinski definition) is 10. The molecule has 2 atom stereocenters. The van der Waals surface area contributed by atoms with Gasteiger partial charge in [-0.25, -0.2) is 8.42 Å². The van der Waals surface area contributed by atoms with Crippen molar-refractivity contribution in [2.75, 3.05) is 66.8 Å². The second-order valence-corrected chi connectivity index (χ2v) is 15.6. The lowest BCUT2D eigenvalue weighted by molar-refractivity contribution is -0.137. The lowest BCUT2D eigenvalue weighted by Crippen LogP contribution is -2.56. The van der Waals surface area contributed by atoms with Crippen molar-refractivity contribution < 1.29 is 41.8 Å². The Kier molecular flexibility index (Phi) is 19.4. The highest BCUT2D eigenvalue weighted by Crippen LogP contribution is 2.30. The Balaban J connectivity index is 1.80. The standard InChI is InChI=1S/C40H61N7O9S/c1-7-55-22-23-56-21-18-44-35(48)12-11-17-43-36(49)26-32(46-57(52,53)37-27(2)24-34(54-6)28(3)29(37)4)39(50)45-33(40(51)47-19-9-8-10-20-47)25-30-13-15-31(16-14-30)38(41)42-5/h13-16,24,32-33,46H,7-12,17-23,25-26H2,1-6H3,(H2,41,42)(H,43,49)(H,44,48)(H,45,50)/t32-,33+/m0/s1. The number of methoxy groups -OCH3 is 1. The molecule has 4 amide bonds. The van der Waals surface area contributed by atoms with Crippen LogP contribution in [0.3, 0.4) is 0 Å². The van der Waals surface area contributed by atoms with Crippen molar-refractivity contribution in [1.29, 1.82) is 5.41 Å². The molecule has 1 aliphatic rings. The minimum absolute atomic E-state index is 0.0436. The lowest BCUT2D eigenvalue weighted by atomic mass is 10.0. The van der Waals surface area contributed by atoms with Crippen molar-refractivity contribution >= 4 is 39.5 Å². The molecule has 6 N–H and O–H groups in total. The van der Waals surface area contributed by atoms with Crippen LogP contribution in [0.5, 0.6) is 5.75 Å². The van der Waals surface area contributed by atoms with Crippen molar-refractivity contribution in [2.45, 2.75) is 89.6 Å². The molecule has 17 heteroatoms. The quantitative estimate of drug-likeness (QED) is 0.0545. The van der Waals surface area contributed by atoms with Crippen LogP contribution < -0.4 is 30.7 Å². The van der Waals surface area contributed by atoms with Gasteiger partial charge in [-0.05, 0) is 81.7 Å². The molecule has 0 aromatic heterocycles. The molecule has 0 unspecified atom stereocenters. The highest BCUT2D eigenvalue weighted by molar-refractivity contribution is 7.89. The largest absolute Gasteiger partial charge is 0.496 e. The topological polar surface area (TPSA) is 217 Å². The van der Waals surface area contributed by atoms with Gasteiger partial charge in [0.25, 0.3) is 0 Å². The second kappa shape index (κ2) is 23.6. The van der Waals surface area contributed by atoms with E-state index in [0.717, 1.165) is 19.3 Å². The summed E-state index contributed by atoms with van der Waals surface area (Å²) in [6.07, 6.45) is 2.57. The summed E-state index contributed by atoms with van der Waals surface area (Å²) in [7, 11) is -1.27. The Bertz CT molecular complexity index is 1780. The van der Waals surface area contributed by atoms with Crippen LogP contribution >= 0.6 is 0 Å². The first kappa shape index (κ1) is 46.8. The van der Waals surface area contributed by atoms with Crippen LogP contribution in [0, 0.1) is 26.2 Å². The first-order chi connectivity index (χ1) is 27.2. The number of nitrogens with one attached hydrogen (secondary N) is 6. The number of sulfonamides is 1. The van der Waals surface area contributed by atoms with Crippen LogP contribution in [0.15, 0.2) is 35.2 Å². The molecular weight excluding hydrogens is 755 g/mol. The third kappa shape index (κ3) is 14.7. The average molecular weight is 816 g/mol. The van der Waals surface area contributed by atoms with E-state index in [1.165, 1.54) is 7.11 Å². The smallest absolute Gasteiger partial charge is 0.245 e. The molecular formula is C40H61N7O9S. The third-order valence-corrected chi connectivity index (χ3v) is 11.5. The highest BCUT2D eigenvalue weighted by atomic mass is 32.2. The van der Waals surface area contributed by atoms with Gasteiger partial charge in [-0.1, -0.05) is 24.3 Å². The fraction of sp³-hybridized carbons (Fsp3) is 0.575. The molecule has 1 fully saturated rings. The zero-order chi connectivity index (χ0) is 42.0. The van der Waals surface area contributed by atoms with E-state index in [4.69, 9.17) is 19.6 Å². The number of ether oxygens (including phenoxy) is 3. The summed E-state index contributed by atoms with van der Waals surface area (Å²) in [6, 6.07) is 5.95. The Labute approximate surface area is 337 Å². The Morgan fingerprint density at radius 2 is 1.54 bits per heavy atom. The summed E-state index contributed by atoms with van der Waals surface area (Å²) in [5.41, 5.74) is 2.76. The minimum atomic E-state index is -4.40. The van der Waals surface area contributed by atoms with E-state index in [1.54, 1.807) is 63.1 Å².